The van der Waals surface area contributed by atoms with Crippen molar-refractivity contribution in [3.63, 3.8) is 0 Å². The summed E-state index contributed by atoms with van der Waals surface area (Å²) in [7, 11) is 5.99. The maximum absolute atomic E-state index is 4.31. The average molecular weight is 194 g/mol. The number of aliphatic imine (C=N–C) groups is 1. The van der Waals surface area contributed by atoms with Gasteiger partial charge in [-0.3, -0.25) is 4.99 Å². The second-order valence-corrected chi connectivity index (χ2v) is 3.84. The van der Waals surface area contributed by atoms with E-state index >= 15 is 0 Å². The Morgan fingerprint density at radius 3 is 2.21 bits per heavy atom. The van der Waals surface area contributed by atoms with Crippen molar-refractivity contribution < 1.29 is 0 Å². The topological polar surface area (TPSA) is 15.6 Å². The van der Waals surface area contributed by atoms with E-state index in [0.29, 0.717) is 0 Å². The quantitative estimate of drug-likeness (QED) is 0.485. The van der Waals surface area contributed by atoms with E-state index in [1.165, 1.54) is 11.1 Å². The van der Waals surface area contributed by atoms with Crippen LogP contribution in [0.2, 0.25) is 0 Å². The first kappa shape index (κ1) is 13.1. The van der Waals surface area contributed by atoms with E-state index in [1.54, 1.807) is 0 Å². The Morgan fingerprint density at radius 2 is 1.93 bits per heavy atom. The Labute approximate surface area is 88.0 Å². The molecule has 0 N–H and O–H groups in total. The molecule has 0 aromatic heterocycles. The summed E-state index contributed by atoms with van der Waals surface area (Å²) in [5.41, 5.74) is 3.61. The summed E-state index contributed by atoms with van der Waals surface area (Å²) in [5, 5.41) is 0. The molecule has 0 fully saturated rings. The van der Waals surface area contributed by atoms with Gasteiger partial charge in [-0.15, -0.1) is 0 Å². The third-order valence-corrected chi connectivity index (χ3v) is 2.12. The zero-order valence-corrected chi connectivity index (χ0v) is 10.1. The normalized spacial score (nSPS) is 11.7. The van der Waals surface area contributed by atoms with Crippen molar-refractivity contribution in [1.29, 1.82) is 0 Å². The SMILES string of the molecule is C=CC(C(CCN(C)C)=NC)=C(C)C. The molecular formula is C12H22N2. The molecule has 0 aliphatic rings. The predicted octanol–water partition coefficient (Wildman–Crippen LogP) is 2.53. The van der Waals surface area contributed by atoms with Crippen molar-refractivity contribution in [3.05, 3.63) is 23.8 Å². The minimum Gasteiger partial charge on any atom is -0.309 e. The lowest BCUT2D eigenvalue weighted by Crippen LogP contribution is -2.17. The summed E-state index contributed by atoms with van der Waals surface area (Å²) in [6.07, 6.45) is 2.88. The van der Waals surface area contributed by atoms with Crippen LogP contribution in [0, 0.1) is 0 Å². The molecule has 0 aromatic rings. The van der Waals surface area contributed by atoms with Crippen LogP contribution >= 0.6 is 0 Å². The van der Waals surface area contributed by atoms with Gasteiger partial charge in [0.05, 0.1) is 0 Å². The number of nitrogens with zero attached hydrogens (tertiary/aromatic N) is 2. The molecule has 2 heteroatoms. The van der Waals surface area contributed by atoms with Crippen LogP contribution in [0.25, 0.3) is 0 Å². The van der Waals surface area contributed by atoms with Gasteiger partial charge in [-0.2, -0.15) is 0 Å². The van der Waals surface area contributed by atoms with Gasteiger partial charge >= 0.3 is 0 Å². The predicted molar refractivity (Wildman–Crippen MR) is 65.1 cm³/mol. The molecule has 0 saturated heterocycles. The molecule has 0 aliphatic heterocycles. The first-order chi connectivity index (χ1) is 6.52. The minimum atomic E-state index is 0.982. The van der Waals surface area contributed by atoms with Gasteiger partial charge in [0, 0.05) is 25.7 Å². The van der Waals surface area contributed by atoms with E-state index in [9.17, 15) is 0 Å². The zero-order chi connectivity index (χ0) is 11.1. The lowest BCUT2D eigenvalue weighted by molar-refractivity contribution is 0.422. The maximum Gasteiger partial charge on any atom is 0.0428 e. The van der Waals surface area contributed by atoms with Crippen LogP contribution in [0.15, 0.2) is 28.8 Å². The van der Waals surface area contributed by atoms with Crippen LogP contribution in [0.5, 0.6) is 0 Å². The summed E-state index contributed by atoms with van der Waals surface area (Å²) in [6, 6.07) is 0. The fourth-order valence-corrected chi connectivity index (χ4v) is 1.31. The Balaban J connectivity index is 4.58. The molecule has 2 nitrogen and oxygen atoms in total. The molecule has 0 amide bonds. The van der Waals surface area contributed by atoms with Gasteiger partial charge in [0.15, 0.2) is 0 Å². The van der Waals surface area contributed by atoms with Crippen molar-refractivity contribution in [1.82, 2.24) is 4.90 Å². The second kappa shape index (κ2) is 6.55. The molecule has 0 heterocycles. The van der Waals surface area contributed by atoms with E-state index < -0.39 is 0 Å². The molecule has 0 spiro atoms. The van der Waals surface area contributed by atoms with Gasteiger partial charge in [-0.25, -0.2) is 0 Å². The van der Waals surface area contributed by atoms with Gasteiger partial charge in [-0.05, 0) is 33.5 Å². The van der Waals surface area contributed by atoms with Crippen molar-refractivity contribution in [2.75, 3.05) is 27.7 Å². The molecule has 0 bridgehead atoms. The largest absolute Gasteiger partial charge is 0.309 e. The van der Waals surface area contributed by atoms with E-state index in [2.05, 4.69) is 44.4 Å². The van der Waals surface area contributed by atoms with Crippen LogP contribution in [0.3, 0.4) is 0 Å². The van der Waals surface area contributed by atoms with Gasteiger partial charge in [0.25, 0.3) is 0 Å². The fraction of sp³-hybridized carbons (Fsp3) is 0.583. The molecule has 0 aliphatic carbocycles. The number of hydrogen-bond donors (Lipinski definition) is 0. The summed E-state index contributed by atoms with van der Waals surface area (Å²) in [4.78, 5) is 6.48. The molecule has 80 valence electrons. The summed E-state index contributed by atoms with van der Waals surface area (Å²) >= 11 is 0. The lowest BCUT2D eigenvalue weighted by Gasteiger charge is -2.12. The highest BCUT2D eigenvalue weighted by Gasteiger charge is 2.05. The van der Waals surface area contributed by atoms with Crippen molar-refractivity contribution in [3.8, 4) is 0 Å². The zero-order valence-electron chi connectivity index (χ0n) is 10.1. The van der Waals surface area contributed by atoms with E-state index in [1.807, 2.05) is 13.1 Å². The minimum absolute atomic E-state index is 0.982. The maximum atomic E-state index is 4.31. The van der Waals surface area contributed by atoms with E-state index in [-0.39, 0.29) is 0 Å². The molecule has 14 heavy (non-hydrogen) atoms. The highest BCUT2D eigenvalue weighted by atomic mass is 15.0. The lowest BCUT2D eigenvalue weighted by atomic mass is 10.0. The van der Waals surface area contributed by atoms with Gasteiger partial charge < -0.3 is 4.90 Å². The van der Waals surface area contributed by atoms with Gasteiger partial charge in [0.1, 0.15) is 0 Å². The third-order valence-electron chi connectivity index (χ3n) is 2.12. The summed E-state index contributed by atoms with van der Waals surface area (Å²) in [6.45, 7) is 9.04. The molecule has 0 radical (unpaired) electrons. The van der Waals surface area contributed by atoms with Crippen molar-refractivity contribution in [2.24, 2.45) is 4.99 Å². The standard InChI is InChI=1S/C12H22N2/c1-7-11(10(2)3)12(13-4)8-9-14(5)6/h7H,1,8-9H2,2-6H3. The van der Waals surface area contributed by atoms with E-state index in [4.69, 9.17) is 0 Å². The first-order valence-electron chi connectivity index (χ1n) is 4.93. The monoisotopic (exact) mass is 194 g/mol. The van der Waals surface area contributed by atoms with Gasteiger partial charge in [-0.1, -0.05) is 18.2 Å². The molecule has 0 aromatic carbocycles. The van der Waals surface area contributed by atoms with Gasteiger partial charge in [0.2, 0.25) is 0 Å². The highest BCUT2D eigenvalue weighted by molar-refractivity contribution is 6.03. The third kappa shape index (κ3) is 4.38. The van der Waals surface area contributed by atoms with Crippen LogP contribution in [-0.2, 0) is 0 Å². The van der Waals surface area contributed by atoms with Crippen LogP contribution in [-0.4, -0.2) is 38.3 Å². The first-order valence-corrected chi connectivity index (χ1v) is 4.93. The molecule has 0 rings (SSSR count). The smallest absolute Gasteiger partial charge is 0.0428 e. The number of rotatable bonds is 5. The summed E-state index contributed by atoms with van der Waals surface area (Å²) in [5.74, 6) is 0. The fourth-order valence-electron chi connectivity index (χ4n) is 1.31. The van der Waals surface area contributed by atoms with Crippen LogP contribution in [0.4, 0.5) is 0 Å². The number of allylic oxidation sites excluding steroid dienone is 3. The molecule has 0 atom stereocenters. The van der Waals surface area contributed by atoms with Crippen LogP contribution < -0.4 is 0 Å². The van der Waals surface area contributed by atoms with E-state index in [0.717, 1.165) is 18.7 Å². The van der Waals surface area contributed by atoms with Crippen molar-refractivity contribution >= 4 is 5.71 Å². The Hall–Kier alpha value is -0.890. The van der Waals surface area contributed by atoms with Crippen molar-refractivity contribution in [2.45, 2.75) is 20.3 Å². The highest BCUT2D eigenvalue weighted by Crippen LogP contribution is 2.10. The summed E-state index contributed by atoms with van der Waals surface area (Å²) < 4.78 is 0. The Morgan fingerprint density at radius 1 is 1.36 bits per heavy atom. The molecule has 0 unspecified atom stereocenters. The molecular weight excluding hydrogens is 172 g/mol. The Bertz CT molecular complexity index is 243. The second-order valence-electron chi connectivity index (χ2n) is 3.84. The average Bonchev–Trinajstić information content (AvgIpc) is 2.10. The molecule has 0 saturated carbocycles. The number of hydrogen-bond acceptors (Lipinski definition) is 2. The Kier molecular flexibility index (Phi) is 6.13. The van der Waals surface area contributed by atoms with Crippen LogP contribution in [0.1, 0.15) is 20.3 Å².